The fraction of sp³-hybridized carbons (Fsp3) is 0.321. The molecule has 2 heterocycles. The second-order valence-corrected chi connectivity index (χ2v) is 9.98. The minimum Gasteiger partial charge on any atom is -0.508 e. The van der Waals surface area contributed by atoms with Crippen molar-refractivity contribution in [3.8, 4) is 29.0 Å². The van der Waals surface area contributed by atoms with Crippen molar-refractivity contribution in [2.45, 2.75) is 12.5 Å². The van der Waals surface area contributed by atoms with Crippen LogP contribution in [0.1, 0.15) is 6.42 Å². The van der Waals surface area contributed by atoms with Gasteiger partial charge in [-0.15, -0.1) is 0 Å². The van der Waals surface area contributed by atoms with Crippen LogP contribution in [0.5, 0.6) is 11.8 Å². The number of rotatable bonds is 7. The summed E-state index contributed by atoms with van der Waals surface area (Å²) in [5, 5.41) is 25.1. The molecule has 5 rings (SSSR count). The molecular formula is C28H28ClFN6O2. The first kappa shape index (κ1) is 25.9. The molecule has 1 saturated heterocycles. The van der Waals surface area contributed by atoms with Crippen molar-refractivity contribution in [3.63, 3.8) is 0 Å². The summed E-state index contributed by atoms with van der Waals surface area (Å²) in [5.41, 5.74) is 0.673. The van der Waals surface area contributed by atoms with Gasteiger partial charge in [0.2, 0.25) is 0 Å². The van der Waals surface area contributed by atoms with E-state index >= 15 is 4.39 Å². The molecule has 1 aliphatic heterocycles. The van der Waals surface area contributed by atoms with Crippen molar-refractivity contribution in [3.05, 3.63) is 53.3 Å². The Labute approximate surface area is 225 Å². The number of nitriles is 1. The number of nitrogens with one attached hydrogen (secondary N) is 1. The molecule has 0 aliphatic carbocycles. The maximum absolute atomic E-state index is 16.4. The second kappa shape index (κ2) is 11.0. The molecular weight excluding hydrogens is 507 g/mol. The van der Waals surface area contributed by atoms with Gasteiger partial charge >= 0.3 is 6.01 Å². The van der Waals surface area contributed by atoms with E-state index in [-0.39, 0.29) is 27.9 Å². The molecule has 0 bridgehead atoms. The number of phenols is 1. The zero-order valence-electron chi connectivity index (χ0n) is 21.2. The molecule has 1 atom stereocenters. The number of nitrogens with zero attached hydrogens (tertiary/aromatic N) is 5. The number of halogens is 2. The van der Waals surface area contributed by atoms with Crippen LogP contribution >= 0.6 is 11.6 Å². The molecule has 4 aromatic rings. The molecule has 3 aromatic carbocycles. The molecule has 8 nitrogen and oxygen atoms in total. The zero-order chi connectivity index (χ0) is 26.8. The standard InChI is InChI=1S/C28H28ClFN6O2/c1-35(2)9-5-11-38-28-33-26-22(27(34-28)36-10-8-32-18(15-31)16-36)14-23(29)24(25(26)30)21-13-19(37)12-17-6-3-4-7-20(17)21/h3-4,6-7,12-14,18,32,37H,5,8-11,16H2,1-2H3/t18-/m0/s1. The van der Waals surface area contributed by atoms with Gasteiger partial charge in [-0.25, -0.2) is 4.39 Å². The highest BCUT2D eigenvalue weighted by atomic mass is 35.5. The van der Waals surface area contributed by atoms with Gasteiger partial charge in [0.15, 0.2) is 5.82 Å². The Morgan fingerprint density at radius 3 is 2.84 bits per heavy atom. The first-order valence-corrected chi connectivity index (χ1v) is 12.8. The summed E-state index contributed by atoms with van der Waals surface area (Å²) >= 11 is 6.74. The number of ether oxygens (including phenoxy) is 1. The second-order valence-electron chi connectivity index (χ2n) is 9.57. The van der Waals surface area contributed by atoms with E-state index in [4.69, 9.17) is 16.3 Å². The lowest BCUT2D eigenvalue weighted by Gasteiger charge is -2.32. The van der Waals surface area contributed by atoms with E-state index in [2.05, 4.69) is 21.4 Å². The smallest absolute Gasteiger partial charge is 0.319 e. The monoisotopic (exact) mass is 534 g/mol. The minimum absolute atomic E-state index is 0.00548. The number of anilines is 1. The van der Waals surface area contributed by atoms with Gasteiger partial charge in [0, 0.05) is 37.1 Å². The Kier molecular flexibility index (Phi) is 7.47. The Hall–Kier alpha value is -3.71. The van der Waals surface area contributed by atoms with Gasteiger partial charge in [0.05, 0.1) is 17.7 Å². The summed E-state index contributed by atoms with van der Waals surface area (Å²) in [7, 11) is 3.96. The zero-order valence-corrected chi connectivity index (χ0v) is 22.0. The first-order valence-electron chi connectivity index (χ1n) is 12.4. The molecule has 196 valence electrons. The highest BCUT2D eigenvalue weighted by molar-refractivity contribution is 6.35. The maximum Gasteiger partial charge on any atom is 0.319 e. The summed E-state index contributed by atoms with van der Waals surface area (Å²) in [6.45, 7) is 2.71. The predicted molar refractivity (Wildman–Crippen MR) is 147 cm³/mol. The molecule has 1 aliphatic rings. The fourth-order valence-corrected chi connectivity index (χ4v) is 5.08. The SMILES string of the molecule is CN(C)CCCOc1nc(N2CCN[C@@H](C#N)C2)c2cc(Cl)c(-c3cc(O)cc4ccccc34)c(F)c2n1. The van der Waals surface area contributed by atoms with Crippen LogP contribution in [0.3, 0.4) is 0 Å². The summed E-state index contributed by atoms with van der Waals surface area (Å²) in [6.07, 6.45) is 0.748. The van der Waals surface area contributed by atoms with Crippen molar-refractivity contribution in [1.82, 2.24) is 20.2 Å². The molecule has 1 fully saturated rings. The van der Waals surface area contributed by atoms with Gasteiger partial charge in [0.1, 0.15) is 23.1 Å². The number of hydrogen-bond acceptors (Lipinski definition) is 8. The molecule has 0 spiro atoms. The Morgan fingerprint density at radius 1 is 1.24 bits per heavy atom. The summed E-state index contributed by atoms with van der Waals surface area (Å²) in [6, 6.07) is 14.1. The lowest BCUT2D eigenvalue weighted by molar-refractivity contribution is 0.264. The third-order valence-corrected chi connectivity index (χ3v) is 6.87. The van der Waals surface area contributed by atoms with Gasteiger partial charge in [-0.3, -0.25) is 5.32 Å². The van der Waals surface area contributed by atoms with Crippen LogP contribution in [0, 0.1) is 17.1 Å². The van der Waals surface area contributed by atoms with E-state index in [0.29, 0.717) is 43.0 Å². The van der Waals surface area contributed by atoms with Crippen molar-refractivity contribution in [1.29, 1.82) is 5.26 Å². The third-order valence-electron chi connectivity index (χ3n) is 6.57. The molecule has 0 saturated carbocycles. The molecule has 38 heavy (non-hydrogen) atoms. The summed E-state index contributed by atoms with van der Waals surface area (Å²) in [4.78, 5) is 13.1. The molecule has 0 amide bonds. The Morgan fingerprint density at radius 2 is 2.05 bits per heavy atom. The van der Waals surface area contributed by atoms with Crippen LogP contribution in [0.4, 0.5) is 10.2 Å². The number of hydrogen-bond donors (Lipinski definition) is 2. The van der Waals surface area contributed by atoms with Crippen molar-refractivity contribution in [2.75, 3.05) is 51.8 Å². The molecule has 10 heteroatoms. The van der Waals surface area contributed by atoms with Crippen LogP contribution in [0.2, 0.25) is 5.02 Å². The maximum atomic E-state index is 16.4. The third kappa shape index (κ3) is 5.16. The largest absolute Gasteiger partial charge is 0.508 e. The van der Waals surface area contributed by atoms with Crippen molar-refractivity contribution < 1.29 is 14.2 Å². The first-order chi connectivity index (χ1) is 18.4. The van der Waals surface area contributed by atoms with Crippen molar-refractivity contribution >= 4 is 39.1 Å². The summed E-state index contributed by atoms with van der Waals surface area (Å²) < 4.78 is 22.3. The quantitative estimate of drug-likeness (QED) is 0.333. The predicted octanol–water partition coefficient (Wildman–Crippen LogP) is 4.58. The van der Waals surface area contributed by atoms with Crippen LogP contribution in [0.15, 0.2) is 42.5 Å². The molecule has 1 aromatic heterocycles. The highest BCUT2D eigenvalue weighted by Gasteiger charge is 2.26. The lowest BCUT2D eigenvalue weighted by Crippen LogP contribution is -2.50. The minimum atomic E-state index is -0.628. The molecule has 0 radical (unpaired) electrons. The number of aromatic hydroxyl groups is 1. The lowest BCUT2D eigenvalue weighted by atomic mass is 9.96. The average Bonchev–Trinajstić information content (AvgIpc) is 2.91. The summed E-state index contributed by atoms with van der Waals surface area (Å²) in [5.74, 6) is -0.157. The number of phenolic OH excluding ortho intramolecular Hbond substituents is 1. The van der Waals surface area contributed by atoms with Crippen LogP contribution < -0.4 is 15.0 Å². The van der Waals surface area contributed by atoms with E-state index < -0.39 is 11.9 Å². The van der Waals surface area contributed by atoms with Gasteiger partial charge < -0.3 is 19.6 Å². The normalized spacial score (nSPS) is 15.8. The highest BCUT2D eigenvalue weighted by Crippen LogP contribution is 2.42. The van der Waals surface area contributed by atoms with Crippen molar-refractivity contribution in [2.24, 2.45) is 0 Å². The van der Waals surface area contributed by atoms with Gasteiger partial charge in [0.25, 0.3) is 0 Å². The number of piperazine rings is 1. The Balaban J connectivity index is 1.68. The van der Waals surface area contributed by atoms with E-state index in [1.807, 2.05) is 48.2 Å². The fourth-order valence-electron chi connectivity index (χ4n) is 4.79. The number of aromatic nitrogens is 2. The van der Waals surface area contributed by atoms with E-state index in [0.717, 1.165) is 23.7 Å². The Bertz CT molecular complexity index is 1540. The van der Waals surface area contributed by atoms with Gasteiger partial charge in [-0.2, -0.15) is 15.2 Å². The van der Waals surface area contributed by atoms with Gasteiger partial charge in [-0.1, -0.05) is 35.9 Å². The molecule has 0 unspecified atom stereocenters. The van der Waals surface area contributed by atoms with E-state index in [1.165, 1.54) is 6.07 Å². The number of fused-ring (bicyclic) bond motifs is 2. The van der Waals surface area contributed by atoms with Crippen LogP contribution in [0.25, 0.3) is 32.8 Å². The van der Waals surface area contributed by atoms with Crippen LogP contribution in [-0.2, 0) is 0 Å². The topological polar surface area (TPSA) is 97.5 Å². The van der Waals surface area contributed by atoms with Gasteiger partial charge in [-0.05, 0) is 55.1 Å². The van der Waals surface area contributed by atoms with E-state index in [9.17, 15) is 10.4 Å². The van der Waals surface area contributed by atoms with E-state index in [1.54, 1.807) is 12.1 Å². The average molecular weight is 535 g/mol. The van der Waals surface area contributed by atoms with Crippen LogP contribution in [-0.4, -0.2) is 72.9 Å². The number of benzene rings is 3. The molecule has 2 N–H and O–H groups in total.